The van der Waals surface area contributed by atoms with E-state index >= 15 is 0 Å². The SMILES string of the molecule is COCCO[C@@H]1CC[C@H](C)C1. The molecule has 1 aliphatic carbocycles. The van der Waals surface area contributed by atoms with Crippen LogP contribution in [0.1, 0.15) is 26.2 Å². The van der Waals surface area contributed by atoms with Crippen molar-refractivity contribution in [3.05, 3.63) is 0 Å². The summed E-state index contributed by atoms with van der Waals surface area (Å²) < 4.78 is 10.5. The first-order valence-corrected chi connectivity index (χ1v) is 4.43. The van der Waals surface area contributed by atoms with Gasteiger partial charge in [-0.3, -0.25) is 0 Å². The van der Waals surface area contributed by atoms with Crippen LogP contribution in [-0.2, 0) is 9.47 Å². The first-order chi connectivity index (χ1) is 5.33. The van der Waals surface area contributed by atoms with Crippen molar-refractivity contribution in [3.63, 3.8) is 0 Å². The van der Waals surface area contributed by atoms with E-state index in [2.05, 4.69) is 6.92 Å². The molecule has 0 saturated heterocycles. The molecule has 0 aromatic carbocycles. The molecule has 0 heterocycles. The highest BCUT2D eigenvalue weighted by Gasteiger charge is 2.21. The molecule has 2 nitrogen and oxygen atoms in total. The number of hydrogen-bond donors (Lipinski definition) is 0. The summed E-state index contributed by atoms with van der Waals surface area (Å²) in [7, 11) is 1.71. The number of hydrogen-bond acceptors (Lipinski definition) is 2. The van der Waals surface area contributed by atoms with E-state index in [-0.39, 0.29) is 0 Å². The third-order valence-electron chi connectivity index (χ3n) is 2.29. The maximum Gasteiger partial charge on any atom is 0.0704 e. The number of ether oxygens (including phenoxy) is 2. The van der Waals surface area contributed by atoms with Gasteiger partial charge in [-0.25, -0.2) is 0 Å². The average Bonchev–Trinajstić information content (AvgIpc) is 2.37. The van der Waals surface area contributed by atoms with Crippen LogP contribution in [-0.4, -0.2) is 26.4 Å². The molecule has 11 heavy (non-hydrogen) atoms. The van der Waals surface area contributed by atoms with Crippen molar-refractivity contribution >= 4 is 0 Å². The third kappa shape index (κ3) is 3.21. The zero-order chi connectivity index (χ0) is 8.10. The molecular weight excluding hydrogens is 140 g/mol. The van der Waals surface area contributed by atoms with E-state index in [1.807, 2.05) is 0 Å². The maximum atomic E-state index is 5.59. The molecule has 0 aromatic rings. The van der Waals surface area contributed by atoms with Gasteiger partial charge in [0.05, 0.1) is 19.3 Å². The number of rotatable bonds is 4. The van der Waals surface area contributed by atoms with Crippen LogP contribution in [0.25, 0.3) is 0 Å². The maximum absolute atomic E-state index is 5.59. The van der Waals surface area contributed by atoms with Crippen LogP contribution in [0.4, 0.5) is 0 Å². The first kappa shape index (κ1) is 9.01. The molecule has 0 bridgehead atoms. The average molecular weight is 158 g/mol. The molecule has 0 unspecified atom stereocenters. The predicted octanol–water partition coefficient (Wildman–Crippen LogP) is 1.84. The molecular formula is C9H18O2. The van der Waals surface area contributed by atoms with Crippen molar-refractivity contribution in [2.75, 3.05) is 20.3 Å². The van der Waals surface area contributed by atoms with E-state index < -0.39 is 0 Å². The Morgan fingerprint density at radius 2 is 2.09 bits per heavy atom. The summed E-state index contributed by atoms with van der Waals surface area (Å²) in [6, 6.07) is 0. The Bertz CT molecular complexity index is 104. The molecule has 0 aromatic heterocycles. The van der Waals surface area contributed by atoms with Crippen molar-refractivity contribution in [2.45, 2.75) is 32.3 Å². The van der Waals surface area contributed by atoms with Gasteiger partial charge in [0.25, 0.3) is 0 Å². The zero-order valence-corrected chi connectivity index (χ0v) is 7.51. The molecule has 1 saturated carbocycles. The zero-order valence-electron chi connectivity index (χ0n) is 7.51. The lowest BCUT2D eigenvalue weighted by molar-refractivity contribution is 0.0195. The Balaban J connectivity index is 1.99. The van der Waals surface area contributed by atoms with E-state index in [1.54, 1.807) is 7.11 Å². The van der Waals surface area contributed by atoms with Gasteiger partial charge in [0, 0.05) is 7.11 Å². The topological polar surface area (TPSA) is 18.5 Å². The summed E-state index contributed by atoms with van der Waals surface area (Å²) in [5.74, 6) is 0.863. The molecule has 2 atom stereocenters. The van der Waals surface area contributed by atoms with Crippen LogP contribution < -0.4 is 0 Å². The Labute approximate surface area is 68.9 Å². The molecule has 2 heteroatoms. The van der Waals surface area contributed by atoms with E-state index in [0.717, 1.165) is 19.1 Å². The summed E-state index contributed by atoms with van der Waals surface area (Å²) in [5.41, 5.74) is 0. The van der Waals surface area contributed by atoms with E-state index in [4.69, 9.17) is 9.47 Å². The number of methoxy groups -OCH3 is 1. The molecule has 0 radical (unpaired) electrons. The fourth-order valence-corrected chi connectivity index (χ4v) is 1.60. The van der Waals surface area contributed by atoms with Gasteiger partial charge in [-0.1, -0.05) is 6.92 Å². The highest BCUT2D eigenvalue weighted by Crippen LogP contribution is 2.26. The van der Waals surface area contributed by atoms with Crippen molar-refractivity contribution < 1.29 is 9.47 Å². The van der Waals surface area contributed by atoms with Gasteiger partial charge in [0.1, 0.15) is 0 Å². The molecule has 0 amide bonds. The van der Waals surface area contributed by atoms with E-state index in [9.17, 15) is 0 Å². The molecule has 0 spiro atoms. The largest absolute Gasteiger partial charge is 0.382 e. The lowest BCUT2D eigenvalue weighted by Crippen LogP contribution is -2.12. The summed E-state index contributed by atoms with van der Waals surface area (Å²) in [5, 5.41) is 0. The van der Waals surface area contributed by atoms with Crippen LogP contribution in [0.5, 0.6) is 0 Å². The quantitative estimate of drug-likeness (QED) is 0.581. The van der Waals surface area contributed by atoms with Gasteiger partial charge in [-0.2, -0.15) is 0 Å². The van der Waals surface area contributed by atoms with Crippen LogP contribution in [0, 0.1) is 5.92 Å². The summed E-state index contributed by atoms with van der Waals surface area (Å²) >= 11 is 0. The lowest BCUT2D eigenvalue weighted by atomic mass is 10.1. The van der Waals surface area contributed by atoms with Gasteiger partial charge >= 0.3 is 0 Å². The second kappa shape index (κ2) is 4.73. The van der Waals surface area contributed by atoms with Crippen molar-refractivity contribution in [3.8, 4) is 0 Å². The highest BCUT2D eigenvalue weighted by atomic mass is 16.5. The molecule has 1 aliphatic rings. The van der Waals surface area contributed by atoms with E-state index in [1.165, 1.54) is 19.3 Å². The minimum atomic E-state index is 0.514. The monoisotopic (exact) mass is 158 g/mol. The van der Waals surface area contributed by atoms with Gasteiger partial charge in [0.2, 0.25) is 0 Å². The smallest absolute Gasteiger partial charge is 0.0704 e. The Morgan fingerprint density at radius 1 is 1.27 bits per heavy atom. The van der Waals surface area contributed by atoms with Crippen LogP contribution in [0.15, 0.2) is 0 Å². The fraction of sp³-hybridized carbons (Fsp3) is 1.00. The fourth-order valence-electron chi connectivity index (χ4n) is 1.60. The third-order valence-corrected chi connectivity index (χ3v) is 2.29. The van der Waals surface area contributed by atoms with E-state index in [0.29, 0.717) is 6.10 Å². The molecule has 0 aliphatic heterocycles. The minimum absolute atomic E-state index is 0.514. The predicted molar refractivity (Wildman–Crippen MR) is 44.6 cm³/mol. The molecule has 1 fully saturated rings. The van der Waals surface area contributed by atoms with Crippen molar-refractivity contribution in [1.82, 2.24) is 0 Å². The Hall–Kier alpha value is -0.0800. The van der Waals surface area contributed by atoms with Crippen LogP contribution in [0.2, 0.25) is 0 Å². The molecule has 0 N–H and O–H groups in total. The second-order valence-electron chi connectivity index (χ2n) is 3.40. The van der Waals surface area contributed by atoms with Crippen LogP contribution >= 0.6 is 0 Å². The molecule has 1 rings (SSSR count). The first-order valence-electron chi connectivity index (χ1n) is 4.43. The Kier molecular flexibility index (Phi) is 3.87. The summed E-state index contributed by atoms with van der Waals surface area (Å²) in [6.45, 7) is 3.78. The lowest BCUT2D eigenvalue weighted by Gasteiger charge is -2.10. The second-order valence-corrected chi connectivity index (χ2v) is 3.40. The summed E-state index contributed by atoms with van der Waals surface area (Å²) in [4.78, 5) is 0. The normalized spacial score (nSPS) is 31.1. The summed E-state index contributed by atoms with van der Waals surface area (Å²) in [6.07, 6.45) is 4.33. The standard InChI is InChI=1S/C9H18O2/c1-8-3-4-9(7-8)11-6-5-10-2/h8-9H,3-7H2,1-2H3/t8-,9+/m0/s1. The van der Waals surface area contributed by atoms with Gasteiger partial charge in [0.15, 0.2) is 0 Å². The highest BCUT2D eigenvalue weighted by molar-refractivity contribution is 4.72. The minimum Gasteiger partial charge on any atom is -0.382 e. The van der Waals surface area contributed by atoms with Gasteiger partial charge < -0.3 is 9.47 Å². The van der Waals surface area contributed by atoms with Gasteiger partial charge in [-0.05, 0) is 25.2 Å². The van der Waals surface area contributed by atoms with Crippen molar-refractivity contribution in [2.24, 2.45) is 5.92 Å². The van der Waals surface area contributed by atoms with Gasteiger partial charge in [-0.15, -0.1) is 0 Å². The Morgan fingerprint density at radius 3 is 2.64 bits per heavy atom. The molecule has 66 valence electrons. The van der Waals surface area contributed by atoms with Crippen LogP contribution in [0.3, 0.4) is 0 Å². The van der Waals surface area contributed by atoms with Crippen molar-refractivity contribution in [1.29, 1.82) is 0 Å².